The molecule has 0 aliphatic carbocycles. The molecule has 0 saturated carbocycles. The fourth-order valence-corrected chi connectivity index (χ4v) is 1.45. The van der Waals surface area contributed by atoms with Crippen LogP contribution in [-0.2, 0) is 20.1 Å². The number of hydrogen-bond donors (Lipinski definition) is 2. The Hall–Kier alpha value is -1.62. The van der Waals surface area contributed by atoms with Crippen molar-refractivity contribution in [3.8, 4) is 0 Å². The molecule has 80 valence electrons. The van der Waals surface area contributed by atoms with Gasteiger partial charge in [0, 0.05) is 32.0 Å². The number of aromatic nitrogens is 4. The largest absolute Gasteiger partial charge is 0.348 e. The summed E-state index contributed by atoms with van der Waals surface area (Å²) in [5.74, 6) is 0. The van der Waals surface area contributed by atoms with E-state index in [1.807, 2.05) is 24.7 Å². The van der Waals surface area contributed by atoms with Gasteiger partial charge >= 0.3 is 0 Å². The summed E-state index contributed by atoms with van der Waals surface area (Å²) in [5.41, 5.74) is 3.35. The minimum absolute atomic E-state index is 0.778. The minimum atomic E-state index is 0.778. The number of H-pyrrole nitrogens is 1. The van der Waals surface area contributed by atoms with Crippen molar-refractivity contribution >= 4 is 0 Å². The van der Waals surface area contributed by atoms with Crippen LogP contribution in [-0.4, -0.2) is 19.7 Å². The molecule has 2 aromatic heterocycles. The number of rotatable bonds is 4. The van der Waals surface area contributed by atoms with Crippen molar-refractivity contribution in [2.75, 3.05) is 0 Å². The van der Waals surface area contributed by atoms with Gasteiger partial charge in [-0.25, -0.2) is 4.98 Å². The van der Waals surface area contributed by atoms with E-state index in [2.05, 4.69) is 20.4 Å². The summed E-state index contributed by atoms with van der Waals surface area (Å²) in [5, 5.41) is 7.43. The summed E-state index contributed by atoms with van der Waals surface area (Å²) >= 11 is 0. The van der Waals surface area contributed by atoms with Crippen LogP contribution in [0.25, 0.3) is 0 Å². The van der Waals surface area contributed by atoms with Gasteiger partial charge in [-0.3, -0.25) is 4.68 Å². The molecule has 0 saturated heterocycles. The van der Waals surface area contributed by atoms with Gasteiger partial charge in [0.2, 0.25) is 0 Å². The zero-order valence-electron chi connectivity index (χ0n) is 8.99. The fourth-order valence-electron chi connectivity index (χ4n) is 1.45. The third-order valence-corrected chi connectivity index (χ3v) is 2.46. The molecule has 5 nitrogen and oxygen atoms in total. The van der Waals surface area contributed by atoms with Crippen LogP contribution in [0.2, 0.25) is 0 Å². The first-order valence-corrected chi connectivity index (χ1v) is 4.94. The van der Waals surface area contributed by atoms with E-state index < -0.39 is 0 Å². The lowest BCUT2D eigenvalue weighted by Crippen LogP contribution is -2.16. The maximum atomic E-state index is 4.22. The van der Waals surface area contributed by atoms with E-state index >= 15 is 0 Å². The Labute approximate surface area is 88.5 Å². The normalized spacial score (nSPS) is 10.8. The van der Waals surface area contributed by atoms with Gasteiger partial charge in [-0.05, 0) is 13.0 Å². The van der Waals surface area contributed by atoms with Gasteiger partial charge in [0.05, 0.1) is 17.7 Å². The number of aryl methyl sites for hydroxylation is 2. The smallest absolute Gasteiger partial charge is 0.0925 e. The zero-order chi connectivity index (χ0) is 10.7. The van der Waals surface area contributed by atoms with Gasteiger partial charge in [-0.2, -0.15) is 5.10 Å². The van der Waals surface area contributed by atoms with Crippen LogP contribution in [0.3, 0.4) is 0 Å². The van der Waals surface area contributed by atoms with E-state index in [0.717, 1.165) is 24.5 Å². The number of aromatic amines is 1. The first-order valence-electron chi connectivity index (χ1n) is 4.94. The summed E-state index contributed by atoms with van der Waals surface area (Å²) in [6.07, 6.45) is 3.52. The Bertz CT molecular complexity index is 388. The Morgan fingerprint density at radius 2 is 2.33 bits per heavy atom. The molecule has 2 heterocycles. The average Bonchev–Trinajstić information content (AvgIpc) is 2.78. The van der Waals surface area contributed by atoms with Gasteiger partial charge in [0.1, 0.15) is 0 Å². The molecule has 0 spiro atoms. The fraction of sp³-hybridized carbons (Fsp3) is 0.400. The second-order valence-electron chi connectivity index (χ2n) is 3.52. The summed E-state index contributed by atoms with van der Waals surface area (Å²) in [4.78, 5) is 7.27. The van der Waals surface area contributed by atoms with Gasteiger partial charge < -0.3 is 10.3 Å². The molecule has 0 aliphatic rings. The maximum absolute atomic E-state index is 4.22. The SMILES string of the molecule is Cc1[nH]cnc1CNCc1ccnn1C. The van der Waals surface area contributed by atoms with Crippen LogP contribution in [0.4, 0.5) is 0 Å². The van der Waals surface area contributed by atoms with E-state index in [9.17, 15) is 0 Å². The molecule has 0 fully saturated rings. The van der Waals surface area contributed by atoms with Gasteiger partial charge in [-0.15, -0.1) is 0 Å². The molecule has 0 unspecified atom stereocenters. The zero-order valence-corrected chi connectivity index (χ0v) is 8.99. The molecule has 0 aromatic carbocycles. The summed E-state index contributed by atoms with van der Waals surface area (Å²) in [6, 6.07) is 2.00. The molecule has 2 N–H and O–H groups in total. The molecule has 5 heteroatoms. The standard InChI is InChI=1S/C10H15N5/c1-8-10(13-7-12-8)6-11-5-9-3-4-14-15(9)2/h3-4,7,11H,5-6H2,1-2H3,(H,12,13). The van der Waals surface area contributed by atoms with E-state index in [1.54, 1.807) is 12.5 Å². The Morgan fingerprint density at radius 1 is 1.47 bits per heavy atom. The second-order valence-corrected chi connectivity index (χ2v) is 3.52. The number of imidazole rings is 1. The first kappa shape index (κ1) is 9.92. The second kappa shape index (κ2) is 4.27. The predicted molar refractivity (Wildman–Crippen MR) is 57.1 cm³/mol. The van der Waals surface area contributed by atoms with Crippen molar-refractivity contribution in [3.05, 3.63) is 35.7 Å². The van der Waals surface area contributed by atoms with Crippen molar-refractivity contribution in [1.29, 1.82) is 0 Å². The van der Waals surface area contributed by atoms with Gasteiger partial charge in [0.15, 0.2) is 0 Å². The van der Waals surface area contributed by atoms with E-state index in [0.29, 0.717) is 0 Å². The molecular formula is C10H15N5. The molecule has 0 aliphatic heterocycles. The summed E-state index contributed by atoms with van der Waals surface area (Å²) in [7, 11) is 1.94. The predicted octanol–water partition coefficient (Wildman–Crippen LogP) is 0.741. The Balaban J connectivity index is 1.86. The van der Waals surface area contributed by atoms with Crippen molar-refractivity contribution in [2.24, 2.45) is 7.05 Å². The molecule has 0 bridgehead atoms. The van der Waals surface area contributed by atoms with Crippen LogP contribution in [0.15, 0.2) is 18.6 Å². The first-order chi connectivity index (χ1) is 7.27. The number of nitrogens with zero attached hydrogens (tertiary/aromatic N) is 3. The monoisotopic (exact) mass is 205 g/mol. The van der Waals surface area contributed by atoms with Crippen LogP contribution in [0.1, 0.15) is 17.1 Å². The lowest BCUT2D eigenvalue weighted by molar-refractivity contribution is 0.619. The quantitative estimate of drug-likeness (QED) is 0.774. The average molecular weight is 205 g/mol. The minimum Gasteiger partial charge on any atom is -0.348 e. The van der Waals surface area contributed by atoms with Crippen molar-refractivity contribution in [1.82, 2.24) is 25.1 Å². The molecule has 0 amide bonds. The molecule has 0 radical (unpaired) electrons. The van der Waals surface area contributed by atoms with Crippen molar-refractivity contribution < 1.29 is 0 Å². The number of hydrogen-bond acceptors (Lipinski definition) is 3. The molecule has 15 heavy (non-hydrogen) atoms. The highest BCUT2D eigenvalue weighted by atomic mass is 15.3. The van der Waals surface area contributed by atoms with Crippen LogP contribution < -0.4 is 5.32 Å². The highest BCUT2D eigenvalue weighted by molar-refractivity contribution is 5.08. The summed E-state index contributed by atoms with van der Waals surface area (Å²) < 4.78 is 1.87. The lowest BCUT2D eigenvalue weighted by atomic mass is 10.3. The van der Waals surface area contributed by atoms with Gasteiger partial charge in [-0.1, -0.05) is 0 Å². The summed E-state index contributed by atoms with van der Waals surface area (Å²) in [6.45, 7) is 3.61. The van der Waals surface area contributed by atoms with Gasteiger partial charge in [0.25, 0.3) is 0 Å². The molecule has 0 atom stereocenters. The lowest BCUT2D eigenvalue weighted by Gasteiger charge is -2.03. The number of nitrogens with one attached hydrogen (secondary N) is 2. The molecular weight excluding hydrogens is 190 g/mol. The van der Waals surface area contributed by atoms with Crippen molar-refractivity contribution in [2.45, 2.75) is 20.0 Å². The third kappa shape index (κ3) is 2.24. The Morgan fingerprint density at radius 3 is 2.93 bits per heavy atom. The topological polar surface area (TPSA) is 58.5 Å². The van der Waals surface area contributed by atoms with E-state index in [-0.39, 0.29) is 0 Å². The highest BCUT2D eigenvalue weighted by Gasteiger charge is 2.01. The van der Waals surface area contributed by atoms with Crippen LogP contribution >= 0.6 is 0 Å². The van der Waals surface area contributed by atoms with Crippen LogP contribution in [0.5, 0.6) is 0 Å². The Kier molecular flexibility index (Phi) is 2.82. The highest BCUT2D eigenvalue weighted by Crippen LogP contribution is 2.01. The van der Waals surface area contributed by atoms with Crippen LogP contribution in [0, 0.1) is 6.92 Å². The third-order valence-electron chi connectivity index (χ3n) is 2.46. The van der Waals surface area contributed by atoms with Crippen molar-refractivity contribution in [3.63, 3.8) is 0 Å². The molecule has 2 rings (SSSR count). The maximum Gasteiger partial charge on any atom is 0.0925 e. The molecule has 2 aromatic rings. The van der Waals surface area contributed by atoms with E-state index in [4.69, 9.17) is 0 Å². The van der Waals surface area contributed by atoms with E-state index in [1.165, 1.54) is 5.69 Å².